The van der Waals surface area contributed by atoms with Crippen molar-refractivity contribution >= 4 is 23.4 Å². The van der Waals surface area contributed by atoms with Crippen molar-refractivity contribution < 1.29 is 18.4 Å². The van der Waals surface area contributed by atoms with E-state index in [2.05, 4.69) is 15.6 Å². The van der Waals surface area contributed by atoms with E-state index in [0.717, 1.165) is 31.7 Å². The van der Waals surface area contributed by atoms with Crippen LogP contribution in [0.2, 0.25) is 5.02 Å². The van der Waals surface area contributed by atoms with Gasteiger partial charge in [-0.1, -0.05) is 30.5 Å². The van der Waals surface area contributed by atoms with Crippen molar-refractivity contribution in [2.75, 3.05) is 0 Å². The minimum absolute atomic E-state index is 0.0321. The Hall–Kier alpha value is -2.54. The van der Waals surface area contributed by atoms with Gasteiger partial charge in [-0.3, -0.25) is 14.6 Å². The number of carbonyl (C=O) groups is 2. The van der Waals surface area contributed by atoms with Crippen LogP contribution in [0.3, 0.4) is 0 Å². The molecular weight excluding hydrogens is 436 g/mol. The Labute approximate surface area is 190 Å². The standard InChI is InChI=1S/C24H26ClF2N3O2/c25-18-8-9-19(26)21(22(18)27)23(14-5-1-2-6-14)30-24(32)15-11-17(12-15)29-20(31)13-16-7-3-4-10-28-16/h3-4,7-10,14-15,17,23H,1-2,5-6,11-13H2,(H,29,31)(H,30,32)/t15?,17?,23-/m0/s1. The summed E-state index contributed by atoms with van der Waals surface area (Å²) in [6.45, 7) is 0. The van der Waals surface area contributed by atoms with Crippen molar-refractivity contribution in [1.29, 1.82) is 0 Å². The van der Waals surface area contributed by atoms with E-state index in [1.807, 2.05) is 6.07 Å². The number of benzene rings is 1. The highest BCUT2D eigenvalue weighted by Gasteiger charge is 2.39. The fourth-order valence-corrected chi connectivity index (χ4v) is 4.88. The van der Waals surface area contributed by atoms with E-state index in [4.69, 9.17) is 11.6 Å². The minimum Gasteiger partial charge on any atom is -0.353 e. The minimum atomic E-state index is -0.808. The van der Waals surface area contributed by atoms with Crippen LogP contribution in [0.1, 0.15) is 55.8 Å². The van der Waals surface area contributed by atoms with Crippen LogP contribution in [0.15, 0.2) is 36.5 Å². The van der Waals surface area contributed by atoms with E-state index >= 15 is 0 Å². The monoisotopic (exact) mass is 461 g/mol. The maximum atomic E-state index is 14.7. The van der Waals surface area contributed by atoms with Crippen LogP contribution >= 0.6 is 11.6 Å². The first-order valence-electron chi connectivity index (χ1n) is 11.1. The van der Waals surface area contributed by atoms with Gasteiger partial charge in [-0.25, -0.2) is 8.78 Å². The van der Waals surface area contributed by atoms with Crippen LogP contribution < -0.4 is 10.6 Å². The first kappa shape index (κ1) is 22.6. The summed E-state index contributed by atoms with van der Waals surface area (Å²) >= 11 is 5.90. The Kier molecular flexibility index (Phi) is 7.04. The summed E-state index contributed by atoms with van der Waals surface area (Å²) < 4.78 is 29.3. The molecule has 1 atom stereocenters. The number of halogens is 3. The van der Waals surface area contributed by atoms with Gasteiger partial charge in [0.15, 0.2) is 0 Å². The lowest BCUT2D eigenvalue weighted by Gasteiger charge is -2.36. The van der Waals surface area contributed by atoms with Gasteiger partial charge in [0.2, 0.25) is 11.8 Å². The SMILES string of the molecule is O=C(Cc1ccccn1)NC1CC(C(=O)N[C@H](c2c(F)ccc(Cl)c2F)C2CCCC2)C1. The van der Waals surface area contributed by atoms with Crippen LogP contribution in [-0.2, 0) is 16.0 Å². The molecule has 5 nitrogen and oxygen atoms in total. The number of hydrogen-bond acceptors (Lipinski definition) is 3. The number of hydrogen-bond donors (Lipinski definition) is 2. The van der Waals surface area contributed by atoms with Crippen molar-refractivity contribution in [2.45, 2.75) is 57.0 Å². The summed E-state index contributed by atoms with van der Waals surface area (Å²) in [6.07, 6.45) is 6.35. The van der Waals surface area contributed by atoms with E-state index in [-0.39, 0.29) is 46.7 Å². The molecule has 1 heterocycles. The third-order valence-electron chi connectivity index (χ3n) is 6.50. The summed E-state index contributed by atoms with van der Waals surface area (Å²) in [4.78, 5) is 29.2. The Bertz CT molecular complexity index is 977. The highest BCUT2D eigenvalue weighted by atomic mass is 35.5. The predicted molar refractivity (Wildman–Crippen MR) is 117 cm³/mol. The maximum absolute atomic E-state index is 14.7. The molecule has 2 saturated carbocycles. The second kappa shape index (κ2) is 9.94. The smallest absolute Gasteiger partial charge is 0.226 e. The quantitative estimate of drug-likeness (QED) is 0.596. The van der Waals surface area contributed by atoms with Gasteiger partial charge in [-0.2, -0.15) is 0 Å². The molecule has 0 unspecified atom stereocenters. The second-order valence-corrected chi connectivity index (χ2v) is 9.13. The van der Waals surface area contributed by atoms with E-state index in [1.165, 1.54) is 6.07 Å². The summed E-state index contributed by atoms with van der Waals surface area (Å²) in [5.41, 5.74) is 0.529. The lowest BCUT2D eigenvalue weighted by Crippen LogP contribution is -2.50. The zero-order valence-corrected chi connectivity index (χ0v) is 18.4. The van der Waals surface area contributed by atoms with Crippen molar-refractivity contribution in [1.82, 2.24) is 15.6 Å². The van der Waals surface area contributed by atoms with Crippen molar-refractivity contribution in [3.63, 3.8) is 0 Å². The molecule has 0 radical (unpaired) electrons. The van der Waals surface area contributed by atoms with E-state index < -0.39 is 17.7 Å². The van der Waals surface area contributed by atoms with Crippen molar-refractivity contribution in [2.24, 2.45) is 11.8 Å². The summed E-state index contributed by atoms with van der Waals surface area (Å²) in [5.74, 6) is -2.22. The third-order valence-corrected chi connectivity index (χ3v) is 6.79. The van der Waals surface area contributed by atoms with Gasteiger partial charge in [-0.05, 0) is 55.9 Å². The first-order chi connectivity index (χ1) is 15.4. The molecule has 2 aliphatic carbocycles. The highest BCUT2D eigenvalue weighted by Crippen LogP contribution is 2.40. The molecule has 2 aromatic rings. The van der Waals surface area contributed by atoms with E-state index in [1.54, 1.807) is 18.3 Å². The Balaban J connectivity index is 1.36. The average molecular weight is 462 g/mol. The van der Waals surface area contributed by atoms with Gasteiger partial charge in [0, 0.05) is 29.4 Å². The molecule has 32 heavy (non-hydrogen) atoms. The molecule has 2 N–H and O–H groups in total. The molecule has 8 heteroatoms. The van der Waals surface area contributed by atoms with Gasteiger partial charge < -0.3 is 10.6 Å². The van der Waals surface area contributed by atoms with E-state index in [9.17, 15) is 18.4 Å². The molecule has 2 amide bonds. The van der Waals surface area contributed by atoms with Gasteiger partial charge >= 0.3 is 0 Å². The second-order valence-electron chi connectivity index (χ2n) is 8.72. The Morgan fingerprint density at radius 3 is 2.56 bits per heavy atom. The summed E-state index contributed by atoms with van der Waals surface area (Å²) in [6, 6.07) is 6.89. The number of nitrogens with one attached hydrogen (secondary N) is 2. The zero-order chi connectivity index (χ0) is 22.7. The van der Waals surface area contributed by atoms with Crippen LogP contribution in [0, 0.1) is 23.5 Å². The van der Waals surface area contributed by atoms with Crippen LogP contribution in [0.25, 0.3) is 0 Å². The molecule has 170 valence electrons. The third kappa shape index (κ3) is 5.09. The zero-order valence-electron chi connectivity index (χ0n) is 17.6. The first-order valence-corrected chi connectivity index (χ1v) is 11.4. The van der Waals surface area contributed by atoms with Crippen molar-refractivity contribution in [3.05, 3.63) is 64.4 Å². The summed E-state index contributed by atoms with van der Waals surface area (Å²) in [7, 11) is 0. The molecule has 1 aromatic heterocycles. The molecule has 0 spiro atoms. The van der Waals surface area contributed by atoms with Gasteiger partial charge in [-0.15, -0.1) is 0 Å². The molecule has 0 aliphatic heterocycles. The predicted octanol–water partition coefficient (Wildman–Crippen LogP) is 4.50. The van der Waals surface area contributed by atoms with Gasteiger partial charge in [0.05, 0.1) is 17.5 Å². The van der Waals surface area contributed by atoms with Crippen LogP contribution in [0.4, 0.5) is 8.78 Å². The van der Waals surface area contributed by atoms with Crippen molar-refractivity contribution in [3.8, 4) is 0 Å². The Morgan fingerprint density at radius 2 is 1.88 bits per heavy atom. The van der Waals surface area contributed by atoms with Gasteiger partial charge in [0.1, 0.15) is 11.6 Å². The highest BCUT2D eigenvalue weighted by molar-refractivity contribution is 6.30. The van der Waals surface area contributed by atoms with E-state index in [0.29, 0.717) is 18.5 Å². The van der Waals surface area contributed by atoms with Gasteiger partial charge in [0.25, 0.3) is 0 Å². The largest absolute Gasteiger partial charge is 0.353 e. The number of rotatable bonds is 7. The fourth-order valence-electron chi connectivity index (χ4n) is 4.71. The lowest BCUT2D eigenvalue weighted by molar-refractivity contribution is -0.131. The number of nitrogens with zero attached hydrogens (tertiary/aromatic N) is 1. The molecule has 0 bridgehead atoms. The lowest BCUT2D eigenvalue weighted by atomic mass is 9.79. The summed E-state index contributed by atoms with van der Waals surface area (Å²) in [5, 5.41) is 5.66. The Morgan fingerprint density at radius 1 is 1.12 bits per heavy atom. The number of carbonyl (C=O) groups excluding carboxylic acids is 2. The average Bonchev–Trinajstić information content (AvgIpc) is 3.28. The van der Waals surface area contributed by atoms with Crippen LogP contribution in [0.5, 0.6) is 0 Å². The number of aromatic nitrogens is 1. The van der Waals surface area contributed by atoms with Crippen LogP contribution in [-0.4, -0.2) is 22.8 Å². The topological polar surface area (TPSA) is 71.1 Å². The molecule has 1 aromatic carbocycles. The molecule has 0 saturated heterocycles. The molecule has 4 rings (SSSR count). The maximum Gasteiger partial charge on any atom is 0.226 e. The molecular formula is C24H26ClF2N3O2. The number of amides is 2. The molecule has 2 fully saturated rings. The number of pyridine rings is 1. The molecule has 2 aliphatic rings. The fraction of sp³-hybridized carbons (Fsp3) is 0.458. The normalized spacial score (nSPS) is 21.6.